The van der Waals surface area contributed by atoms with Crippen molar-refractivity contribution in [2.45, 2.75) is 0 Å². The highest BCUT2D eigenvalue weighted by Crippen LogP contribution is 2.23. The third-order valence-electron chi connectivity index (χ3n) is 3.09. The number of hydrogen-bond acceptors (Lipinski definition) is 6. The van der Waals surface area contributed by atoms with Gasteiger partial charge in [-0.2, -0.15) is 5.10 Å². The van der Waals surface area contributed by atoms with E-state index in [4.69, 9.17) is 27.6 Å². The lowest BCUT2D eigenvalue weighted by Crippen LogP contribution is -2.15. The minimum absolute atomic E-state index is 0. The maximum Gasteiger partial charge on any atom is 0.320 e. The Morgan fingerprint density at radius 1 is 1.04 bits per heavy atom. The molecule has 24 heavy (non-hydrogen) atoms. The number of benzene rings is 2. The van der Waals surface area contributed by atoms with E-state index < -0.39 is 0 Å². The minimum atomic E-state index is 0. The fourth-order valence-corrected chi connectivity index (χ4v) is 2.03. The average Bonchev–Trinajstić information content (AvgIpc) is 3.04. The third-order valence-corrected chi connectivity index (χ3v) is 3.34. The van der Waals surface area contributed by atoms with E-state index in [1.54, 1.807) is 36.4 Å². The minimum Gasteiger partial charge on any atom is -0.403 e. The predicted octanol–water partition coefficient (Wildman–Crippen LogP) is 3.13. The van der Waals surface area contributed by atoms with Gasteiger partial charge in [0.25, 0.3) is 0 Å². The summed E-state index contributed by atoms with van der Waals surface area (Å²) in [6.45, 7) is 0. The molecule has 0 aliphatic rings. The maximum atomic E-state index is 5.85. The molecule has 3 aromatic rings. The Morgan fingerprint density at radius 2 is 1.71 bits per heavy atom. The Kier molecular flexibility index (Phi) is 5.62. The van der Waals surface area contributed by atoms with Gasteiger partial charge >= 0.3 is 6.01 Å². The van der Waals surface area contributed by atoms with Gasteiger partial charge in [-0.15, -0.1) is 17.5 Å². The van der Waals surface area contributed by atoms with E-state index >= 15 is 0 Å². The number of aromatic nitrogens is 2. The number of nitrogens with one attached hydrogen (secondary N) is 1. The molecular formula is C15H14Cl2N6O. The van der Waals surface area contributed by atoms with Gasteiger partial charge in [-0.1, -0.05) is 16.7 Å². The summed E-state index contributed by atoms with van der Waals surface area (Å²) < 4.78 is 5.57. The van der Waals surface area contributed by atoms with E-state index in [0.29, 0.717) is 10.9 Å². The second kappa shape index (κ2) is 7.67. The molecule has 0 saturated carbocycles. The molecule has 0 fully saturated rings. The first-order chi connectivity index (χ1) is 11.2. The number of nitrogens with two attached hydrogens (primary N) is 2. The fourth-order valence-electron chi connectivity index (χ4n) is 1.91. The highest BCUT2D eigenvalue weighted by atomic mass is 35.5. The van der Waals surface area contributed by atoms with Crippen molar-refractivity contribution in [1.82, 2.24) is 10.2 Å². The molecule has 2 aromatic carbocycles. The quantitative estimate of drug-likeness (QED) is 0.283. The molecule has 1 heterocycles. The van der Waals surface area contributed by atoms with Crippen LogP contribution in [0.15, 0.2) is 58.0 Å². The number of nitrogens with zero attached hydrogens (tertiary/aromatic N) is 3. The van der Waals surface area contributed by atoms with Crippen LogP contribution in [0.1, 0.15) is 5.56 Å². The molecule has 0 amide bonds. The zero-order chi connectivity index (χ0) is 16.2. The van der Waals surface area contributed by atoms with E-state index in [-0.39, 0.29) is 24.3 Å². The zero-order valence-electron chi connectivity index (χ0n) is 12.3. The lowest BCUT2D eigenvalue weighted by molar-refractivity contribution is 0.587. The van der Waals surface area contributed by atoms with Crippen molar-refractivity contribution in [3.05, 3.63) is 59.1 Å². The second-order valence-corrected chi connectivity index (χ2v) is 5.07. The highest BCUT2D eigenvalue weighted by molar-refractivity contribution is 6.30. The van der Waals surface area contributed by atoms with Crippen LogP contribution >= 0.6 is 24.0 Å². The summed E-state index contributed by atoms with van der Waals surface area (Å²) in [5.74, 6) is 5.81. The van der Waals surface area contributed by atoms with Crippen molar-refractivity contribution in [2.24, 2.45) is 16.7 Å². The van der Waals surface area contributed by atoms with Crippen molar-refractivity contribution < 1.29 is 4.42 Å². The summed E-state index contributed by atoms with van der Waals surface area (Å²) in [7, 11) is 0. The van der Waals surface area contributed by atoms with E-state index in [2.05, 4.69) is 20.6 Å². The first kappa shape index (κ1) is 17.6. The molecule has 0 bridgehead atoms. The van der Waals surface area contributed by atoms with E-state index in [1.807, 2.05) is 12.1 Å². The van der Waals surface area contributed by atoms with Gasteiger partial charge in [0.2, 0.25) is 5.89 Å². The molecule has 124 valence electrons. The molecule has 0 radical (unpaired) electrons. The molecular weight excluding hydrogens is 351 g/mol. The highest BCUT2D eigenvalue weighted by Gasteiger charge is 2.09. The van der Waals surface area contributed by atoms with Gasteiger partial charge in [0, 0.05) is 21.8 Å². The van der Waals surface area contributed by atoms with Gasteiger partial charge in [0.1, 0.15) is 5.84 Å². The van der Waals surface area contributed by atoms with Crippen molar-refractivity contribution >= 4 is 41.5 Å². The van der Waals surface area contributed by atoms with Crippen molar-refractivity contribution in [1.29, 1.82) is 0 Å². The van der Waals surface area contributed by atoms with Gasteiger partial charge in [-0.3, -0.25) is 0 Å². The first-order valence-electron chi connectivity index (χ1n) is 6.66. The van der Waals surface area contributed by atoms with Gasteiger partial charge in [0.05, 0.1) is 0 Å². The van der Waals surface area contributed by atoms with Crippen LogP contribution < -0.4 is 16.9 Å². The maximum absolute atomic E-state index is 5.85. The number of anilines is 2. The number of hydrazone groups is 1. The smallest absolute Gasteiger partial charge is 0.320 e. The molecule has 7 nitrogen and oxygen atoms in total. The Morgan fingerprint density at radius 3 is 2.33 bits per heavy atom. The van der Waals surface area contributed by atoms with E-state index in [9.17, 15) is 0 Å². The van der Waals surface area contributed by atoms with Crippen molar-refractivity contribution in [3.8, 4) is 11.5 Å². The van der Waals surface area contributed by atoms with Crippen LogP contribution in [0.4, 0.5) is 11.7 Å². The van der Waals surface area contributed by atoms with E-state index in [1.165, 1.54) is 0 Å². The average molecular weight is 365 g/mol. The van der Waals surface area contributed by atoms with Crippen molar-refractivity contribution in [3.63, 3.8) is 0 Å². The van der Waals surface area contributed by atoms with Gasteiger partial charge in [-0.05, 0) is 48.5 Å². The summed E-state index contributed by atoms with van der Waals surface area (Å²) in [5.41, 5.74) is 7.91. The molecule has 5 N–H and O–H groups in total. The summed E-state index contributed by atoms with van der Waals surface area (Å²) >= 11 is 5.85. The summed E-state index contributed by atoms with van der Waals surface area (Å²) in [5, 5.41) is 15.0. The first-order valence-corrected chi connectivity index (χ1v) is 7.04. The van der Waals surface area contributed by atoms with Crippen molar-refractivity contribution in [2.75, 3.05) is 5.32 Å². The number of halogens is 2. The Hall–Kier alpha value is -2.77. The SMILES string of the molecule is Cl.NN=C(N)c1ccc(Nc2nnc(-c3ccc(Cl)cc3)o2)cc1. The van der Waals surface area contributed by atoms with Crippen LogP contribution in [0.5, 0.6) is 0 Å². The van der Waals surface area contributed by atoms with Crippen LogP contribution in [0.25, 0.3) is 11.5 Å². The topological polar surface area (TPSA) is 115 Å². The number of hydrogen-bond donors (Lipinski definition) is 3. The van der Waals surface area contributed by atoms with Crippen LogP contribution in [0, 0.1) is 0 Å². The van der Waals surface area contributed by atoms with Crippen LogP contribution in [0.2, 0.25) is 5.02 Å². The van der Waals surface area contributed by atoms with Crippen LogP contribution in [-0.4, -0.2) is 16.0 Å². The third kappa shape index (κ3) is 3.95. The number of rotatable bonds is 4. The van der Waals surface area contributed by atoms with E-state index in [0.717, 1.165) is 16.8 Å². The Balaban J connectivity index is 0.00000208. The monoisotopic (exact) mass is 364 g/mol. The molecule has 0 aliphatic carbocycles. The molecule has 9 heteroatoms. The largest absolute Gasteiger partial charge is 0.403 e. The molecule has 0 unspecified atom stereocenters. The van der Waals surface area contributed by atoms with Gasteiger partial charge < -0.3 is 21.3 Å². The van der Waals surface area contributed by atoms with Crippen LogP contribution in [-0.2, 0) is 0 Å². The molecule has 0 saturated heterocycles. The lowest BCUT2D eigenvalue weighted by Gasteiger charge is -2.03. The summed E-state index contributed by atoms with van der Waals surface area (Å²) in [6, 6.07) is 14.6. The molecule has 1 aromatic heterocycles. The lowest BCUT2D eigenvalue weighted by atomic mass is 10.2. The van der Waals surface area contributed by atoms with Gasteiger partial charge in [-0.25, -0.2) is 0 Å². The predicted molar refractivity (Wildman–Crippen MR) is 96.6 cm³/mol. The standard InChI is InChI=1S/C15H13ClN6O.ClH/c16-11-5-1-10(2-6-11)14-21-22-15(23-14)19-12-7-3-9(4-8-12)13(17)20-18;/h1-8H,18H2,(H2,17,20)(H,19,22);1H. The number of amidine groups is 1. The molecule has 3 rings (SSSR count). The molecule has 0 atom stereocenters. The normalized spacial score (nSPS) is 11.0. The Bertz CT molecular complexity index is 830. The fraction of sp³-hybridized carbons (Fsp3) is 0. The second-order valence-electron chi connectivity index (χ2n) is 4.64. The molecule has 0 aliphatic heterocycles. The zero-order valence-corrected chi connectivity index (χ0v) is 13.9. The van der Waals surface area contributed by atoms with Gasteiger partial charge in [0.15, 0.2) is 0 Å². The summed E-state index contributed by atoms with van der Waals surface area (Å²) in [6.07, 6.45) is 0. The summed E-state index contributed by atoms with van der Waals surface area (Å²) in [4.78, 5) is 0. The molecule has 0 spiro atoms. The Labute approximate surface area is 149 Å². The van der Waals surface area contributed by atoms with Crippen LogP contribution in [0.3, 0.4) is 0 Å².